The minimum Gasteiger partial charge on any atom is -0.497 e. The van der Waals surface area contributed by atoms with Gasteiger partial charge in [-0.3, -0.25) is 19.3 Å². The highest BCUT2D eigenvalue weighted by Gasteiger charge is 2.52. The lowest BCUT2D eigenvalue weighted by molar-refractivity contribution is -0.139. The fraction of sp³-hybridized carbons (Fsp3) is 0.324. The van der Waals surface area contributed by atoms with Crippen molar-refractivity contribution in [2.24, 2.45) is 5.92 Å². The lowest BCUT2D eigenvalue weighted by atomic mass is 9.83. The number of likely N-dealkylation sites (tertiary alicyclic amines) is 1. The lowest BCUT2D eigenvalue weighted by Crippen LogP contribution is -2.44. The number of ether oxygens (including phenoxy) is 1. The number of aliphatic hydroxyl groups excluding tert-OH is 1. The summed E-state index contributed by atoms with van der Waals surface area (Å²) in [5, 5.41) is 21.6. The average Bonchev–Trinajstić information content (AvgIpc) is 3.60. The van der Waals surface area contributed by atoms with Crippen LogP contribution >= 0.6 is 0 Å². The maximum absolute atomic E-state index is 14.0. The van der Waals surface area contributed by atoms with Gasteiger partial charge in [0, 0.05) is 35.8 Å². The minimum atomic E-state index is -1.89. The SMILES string of the molecule is COc1ccc2c(c1)[C@](O)([C@@H](C)/C=C/CC(=O)N1CCC[C@H]1CO)C(=O)N2Cc1cccc(N(C=O)c2ccccc2)c1. The number of methoxy groups -OCH3 is 1. The molecule has 2 N–H and O–H groups in total. The Balaban J connectivity index is 1.40. The van der Waals surface area contributed by atoms with Crippen LogP contribution in [0.3, 0.4) is 0 Å². The lowest BCUT2D eigenvalue weighted by Gasteiger charge is -2.28. The Bertz CT molecular complexity index is 1510. The van der Waals surface area contributed by atoms with Gasteiger partial charge in [-0.1, -0.05) is 49.4 Å². The van der Waals surface area contributed by atoms with Crippen LogP contribution in [-0.2, 0) is 26.5 Å². The number of nitrogens with zero attached hydrogens (tertiary/aromatic N) is 3. The molecule has 0 unspecified atom stereocenters. The zero-order chi connectivity index (χ0) is 30.6. The molecule has 1 saturated heterocycles. The zero-order valence-corrected chi connectivity index (χ0v) is 24.4. The van der Waals surface area contributed by atoms with Gasteiger partial charge in [-0.2, -0.15) is 0 Å². The third-order valence-electron chi connectivity index (χ3n) is 8.43. The highest BCUT2D eigenvalue weighted by molar-refractivity contribution is 6.07. The van der Waals surface area contributed by atoms with E-state index < -0.39 is 17.4 Å². The van der Waals surface area contributed by atoms with E-state index in [0.29, 0.717) is 29.2 Å². The van der Waals surface area contributed by atoms with Crippen LogP contribution in [0.2, 0.25) is 0 Å². The minimum absolute atomic E-state index is 0.0586. The molecule has 0 spiro atoms. The second kappa shape index (κ2) is 12.8. The molecule has 0 aliphatic carbocycles. The molecule has 3 atom stereocenters. The van der Waals surface area contributed by atoms with Gasteiger partial charge in [-0.05, 0) is 60.9 Å². The van der Waals surface area contributed by atoms with Gasteiger partial charge in [-0.25, -0.2) is 0 Å². The van der Waals surface area contributed by atoms with Gasteiger partial charge < -0.3 is 24.7 Å². The molecular formula is C34H37N3O6. The first-order chi connectivity index (χ1) is 20.8. The molecule has 9 heteroatoms. The van der Waals surface area contributed by atoms with E-state index in [1.54, 1.807) is 47.1 Å². The van der Waals surface area contributed by atoms with Crippen molar-refractivity contribution < 1.29 is 29.3 Å². The van der Waals surface area contributed by atoms with Crippen LogP contribution in [0.5, 0.6) is 5.75 Å². The van der Waals surface area contributed by atoms with Crippen molar-refractivity contribution in [3.63, 3.8) is 0 Å². The molecule has 2 heterocycles. The van der Waals surface area contributed by atoms with E-state index in [-0.39, 0.29) is 31.5 Å². The highest BCUT2D eigenvalue weighted by atomic mass is 16.5. The molecule has 0 bridgehead atoms. The van der Waals surface area contributed by atoms with Crippen molar-refractivity contribution in [3.8, 4) is 5.75 Å². The number of rotatable bonds is 11. The summed E-state index contributed by atoms with van der Waals surface area (Å²) in [5.74, 6) is -0.729. The van der Waals surface area contributed by atoms with Crippen molar-refractivity contribution in [1.82, 2.24) is 4.90 Å². The molecular weight excluding hydrogens is 546 g/mol. The normalized spacial score (nSPS) is 20.4. The fourth-order valence-electron chi connectivity index (χ4n) is 6.04. The van der Waals surface area contributed by atoms with Crippen molar-refractivity contribution in [2.75, 3.05) is 30.1 Å². The molecule has 3 amide bonds. The van der Waals surface area contributed by atoms with Crippen LogP contribution in [0, 0.1) is 5.92 Å². The number of carbonyl (C=O) groups is 3. The van der Waals surface area contributed by atoms with Crippen molar-refractivity contribution >= 4 is 35.3 Å². The number of aliphatic hydroxyl groups is 2. The first kappa shape index (κ1) is 30.0. The third-order valence-corrected chi connectivity index (χ3v) is 8.43. The average molecular weight is 584 g/mol. The number of fused-ring (bicyclic) bond motifs is 1. The smallest absolute Gasteiger partial charge is 0.264 e. The summed E-state index contributed by atoms with van der Waals surface area (Å²) in [6.45, 7) is 2.48. The number of para-hydroxylation sites is 1. The first-order valence-corrected chi connectivity index (χ1v) is 14.5. The number of anilines is 3. The Morgan fingerprint density at radius 2 is 1.88 bits per heavy atom. The van der Waals surface area contributed by atoms with Crippen molar-refractivity contribution in [1.29, 1.82) is 0 Å². The topological polar surface area (TPSA) is 111 Å². The maximum Gasteiger partial charge on any atom is 0.264 e. The number of benzene rings is 3. The molecule has 43 heavy (non-hydrogen) atoms. The summed E-state index contributed by atoms with van der Waals surface area (Å²) in [6, 6.07) is 21.7. The van der Waals surface area contributed by atoms with Crippen molar-refractivity contribution in [3.05, 3.63) is 96.1 Å². The summed E-state index contributed by atoms with van der Waals surface area (Å²) in [7, 11) is 1.53. The number of hydrogen-bond donors (Lipinski definition) is 2. The molecule has 224 valence electrons. The van der Waals surface area contributed by atoms with Crippen LogP contribution < -0.4 is 14.5 Å². The molecule has 0 radical (unpaired) electrons. The summed E-state index contributed by atoms with van der Waals surface area (Å²) in [4.78, 5) is 43.6. The zero-order valence-electron chi connectivity index (χ0n) is 24.4. The second-order valence-corrected chi connectivity index (χ2v) is 11.0. The van der Waals surface area contributed by atoms with E-state index in [4.69, 9.17) is 4.74 Å². The summed E-state index contributed by atoms with van der Waals surface area (Å²) in [5.41, 5.74) is 1.24. The van der Waals surface area contributed by atoms with E-state index in [2.05, 4.69) is 0 Å². The molecule has 0 aromatic heterocycles. The van der Waals surface area contributed by atoms with Gasteiger partial charge in [-0.15, -0.1) is 0 Å². The first-order valence-electron chi connectivity index (χ1n) is 14.5. The quantitative estimate of drug-likeness (QED) is 0.258. The van der Waals surface area contributed by atoms with Gasteiger partial charge in [0.05, 0.1) is 32.0 Å². The summed E-state index contributed by atoms with van der Waals surface area (Å²) < 4.78 is 5.42. The van der Waals surface area contributed by atoms with E-state index in [1.807, 2.05) is 54.6 Å². The van der Waals surface area contributed by atoms with Gasteiger partial charge >= 0.3 is 0 Å². The summed E-state index contributed by atoms with van der Waals surface area (Å²) >= 11 is 0. The van der Waals surface area contributed by atoms with Crippen LogP contribution in [-0.4, -0.2) is 59.6 Å². The predicted octanol–water partition coefficient (Wildman–Crippen LogP) is 4.29. The summed E-state index contributed by atoms with van der Waals surface area (Å²) in [6.07, 6.45) is 5.91. The predicted molar refractivity (Wildman–Crippen MR) is 164 cm³/mol. The molecule has 3 aromatic rings. The van der Waals surface area contributed by atoms with Crippen LogP contribution in [0.4, 0.5) is 17.1 Å². The monoisotopic (exact) mass is 583 g/mol. The van der Waals surface area contributed by atoms with Gasteiger partial charge in [0.25, 0.3) is 5.91 Å². The Morgan fingerprint density at radius 3 is 2.60 bits per heavy atom. The Labute approximate surface area is 251 Å². The Hall–Kier alpha value is -4.47. The van der Waals surface area contributed by atoms with E-state index in [1.165, 1.54) is 12.0 Å². The van der Waals surface area contributed by atoms with Crippen molar-refractivity contribution in [2.45, 2.75) is 44.4 Å². The van der Waals surface area contributed by atoms with E-state index in [9.17, 15) is 24.6 Å². The molecule has 9 nitrogen and oxygen atoms in total. The Kier molecular flexibility index (Phi) is 8.94. The number of amides is 3. The second-order valence-electron chi connectivity index (χ2n) is 11.0. The molecule has 5 rings (SSSR count). The molecule has 3 aromatic carbocycles. The number of hydrogen-bond acceptors (Lipinski definition) is 6. The van der Waals surface area contributed by atoms with Crippen LogP contribution in [0.25, 0.3) is 0 Å². The Morgan fingerprint density at radius 1 is 1.12 bits per heavy atom. The highest BCUT2D eigenvalue weighted by Crippen LogP contribution is 2.47. The fourth-order valence-corrected chi connectivity index (χ4v) is 6.04. The standard InChI is InChI=1S/C34H37N3O6/c1-24(9-6-15-32(40)35-18-8-14-28(35)22-38)34(42)30-20-29(43-2)16-17-31(30)36(33(34)41)21-25-10-7-13-27(19-25)37(23-39)26-11-4-3-5-12-26/h3-7,9-13,16-17,19-20,23-24,28,38,42H,8,14-15,18,21-22H2,1-2H3/b9-6+/t24-,28-,34+/m0/s1. The maximum atomic E-state index is 14.0. The van der Waals surface area contributed by atoms with Gasteiger partial charge in [0.1, 0.15) is 5.75 Å². The molecule has 1 fully saturated rings. The van der Waals surface area contributed by atoms with Crippen LogP contribution in [0.1, 0.15) is 37.3 Å². The van der Waals surface area contributed by atoms with Gasteiger partial charge in [0.2, 0.25) is 12.3 Å². The molecule has 2 aliphatic heterocycles. The van der Waals surface area contributed by atoms with E-state index in [0.717, 1.165) is 30.5 Å². The van der Waals surface area contributed by atoms with E-state index >= 15 is 0 Å². The number of carbonyl (C=O) groups excluding carboxylic acids is 3. The van der Waals surface area contributed by atoms with Crippen LogP contribution in [0.15, 0.2) is 84.9 Å². The largest absolute Gasteiger partial charge is 0.497 e. The molecule has 0 saturated carbocycles. The third kappa shape index (κ3) is 5.78. The molecule has 2 aliphatic rings. The van der Waals surface area contributed by atoms with Gasteiger partial charge in [0.15, 0.2) is 5.60 Å².